The Hall–Kier alpha value is -4.98. The van der Waals surface area contributed by atoms with E-state index < -0.39 is 24.4 Å². The minimum Gasteiger partial charge on any atom is -0.496 e. The second-order valence-corrected chi connectivity index (χ2v) is 8.00. The van der Waals surface area contributed by atoms with Gasteiger partial charge in [0.25, 0.3) is 11.8 Å². The fraction of sp³-hybridized carbons (Fsp3) is 0.103. The van der Waals surface area contributed by atoms with Gasteiger partial charge >= 0.3 is 5.97 Å². The molecule has 1 N–H and O–H groups in total. The van der Waals surface area contributed by atoms with Crippen LogP contribution in [0.25, 0.3) is 17.3 Å². The zero-order valence-electron chi connectivity index (χ0n) is 20.2. The minimum absolute atomic E-state index is 0.200. The third-order valence-corrected chi connectivity index (χ3v) is 5.37. The Kier molecular flexibility index (Phi) is 8.23. The van der Waals surface area contributed by atoms with E-state index in [1.54, 1.807) is 29.0 Å². The minimum atomic E-state index is -0.752. The van der Waals surface area contributed by atoms with Crippen LogP contribution in [0.5, 0.6) is 5.75 Å². The maximum atomic E-state index is 12.3. The number of carbonyl (C=O) groups is 3. The first-order valence-electron chi connectivity index (χ1n) is 11.5. The zero-order valence-corrected chi connectivity index (χ0v) is 20.2. The molecule has 8 nitrogen and oxygen atoms in total. The summed E-state index contributed by atoms with van der Waals surface area (Å²) in [5.74, 6) is -1.80. The summed E-state index contributed by atoms with van der Waals surface area (Å²) in [5, 5.41) is 6.89. The van der Waals surface area contributed by atoms with Gasteiger partial charge in [0.1, 0.15) is 5.75 Å². The maximum absolute atomic E-state index is 12.3. The van der Waals surface area contributed by atoms with E-state index in [1.165, 1.54) is 19.3 Å². The van der Waals surface area contributed by atoms with E-state index in [0.29, 0.717) is 18.0 Å². The normalized spacial score (nSPS) is 10.7. The average molecular weight is 496 g/mol. The van der Waals surface area contributed by atoms with Crippen LogP contribution in [0.4, 0.5) is 0 Å². The number of esters is 1. The van der Waals surface area contributed by atoms with Gasteiger partial charge in [0, 0.05) is 23.4 Å². The van der Waals surface area contributed by atoms with E-state index in [1.807, 2.05) is 66.9 Å². The number of rotatable bonds is 9. The van der Waals surface area contributed by atoms with Gasteiger partial charge in [-0.25, -0.2) is 4.79 Å². The summed E-state index contributed by atoms with van der Waals surface area (Å²) >= 11 is 0. The molecule has 0 saturated heterocycles. The molecule has 1 heterocycles. The number of carbonyl (C=O) groups excluding carboxylic acids is 3. The van der Waals surface area contributed by atoms with Crippen LogP contribution in [-0.2, 0) is 20.9 Å². The van der Waals surface area contributed by atoms with Crippen LogP contribution in [0.3, 0.4) is 0 Å². The van der Waals surface area contributed by atoms with Crippen LogP contribution in [0, 0.1) is 0 Å². The Morgan fingerprint density at radius 3 is 2.32 bits per heavy atom. The first kappa shape index (κ1) is 25.1. The lowest BCUT2D eigenvalue weighted by molar-refractivity contribution is -0.143. The molecule has 4 rings (SSSR count). The number of para-hydroxylation sites is 1. The Morgan fingerprint density at radius 2 is 1.59 bits per heavy atom. The quantitative estimate of drug-likeness (QED) is 0.277. The predicted molar refractivity (Wildman–Crippen MR) is 139 cm³/mol. The summed E-state index contributed by atoms with van der Waals surface area (Å²) in [6.45, 7) is -0.0395. The molecule has 37 heavy (non-hydrogen) atoms. The molecule has 186 valence electrons. The van der Waals surface area contributed by atoms with Crippen molar-refractivity contribution < 1.29 is 23.9 Å². The van der Waals surface area contributed by atoms with Crippen molar-refractivity contribution in [3.05, 3.63) is 114 Å². The monoisotopic (exact) mass is 495 g/mol. The van der Waals surface area contributed by atoms with Crippen molar-refractivity contribution in [2.24, 2.45) is 0 Å². The van der Waals surface area contributed by atoms with Gasteiger partial charge in [-0.3, -0.25) is 19.6 Å². The van der Waals surface area contributed by atoms with Crippen LogP contribution in [0.2, 0.25) is 0 Å². The molecule has 0 aliphatic carbocycles. The van der Waals surface area contributed by atoms with Crippen molar-refractivity contribution in [3.8, 4) is 17.0 Å². The highest BCUT2D eigenvalue weighted by Gasteiger charge is 2.16. The molecule has 0 aliphatic heterocycles. The summed E-state index contributed by atoms with van der Waals surface area (Å²) in [6, 6.07) is 26.0. The van der Waals surface area contributed by atoms with E-state index in [2.05, 4.69) is 5.32 Å². The molecule has 0 radical (unpaired) electrons. The number of hydrogen-bond donors (Lipinski definition) is 1. The summed E-state index contributed by atoms with van der Waals surface area (Å²) in [4.78, 5) is 36.8. The number of benzene rings is 3. The Labute approximate surface area is 214 Å². The molecule has 1 aromatic heterocycles. The third-order valence-electron chi connectivity index (χ3n) is 5.37. The van der Waals surface area contributed by atoms with E-state index >= 15 is 0 Å². The molecule has 0 aliphatic rings. The van der Waals surface area contributed by atoms with Gasteiger partial charge in [0.2, 0.25) is 0 Å². The van der Waals surface area contributed by atoms with Gasteiger partial charge in [-0.15, -0.1) is 0 Å². The number of ether oxygens (including phenoxy) is 2. The van der Waals surface area contributed by atoms with Crippen molar-refractivity contribution in [1.82, 2.24) is 15.1 Å². The smallest absolute Gasteiger partial charge is 0.331 e. The van der Waals surface area contributed by atoms with Crippen LogP contribution in [-0.4, -0.2) is 41.3 Å². The first-order valence-corrected chi connectivity index (χ1v) is 11.5. The molecule has 8 heteroatoms. The van der Waals surface area contributed by atoms with Crippen molar-refractivity contribution in [3.63, 3.8) is 0 Å². The number of methoxy groups -OCH3 is 1. The Bertz CT molecular complexity index is 1410. The molecular formula is C29H25N3O5. The highest BCUT2D eigenvalue weighted by atomic mass is 16.5. The standard InChI is InChI=1S/C29H25N3O5/c1-36-25-15-9-8-14-24(25)29(35)30-26(33)20-37-27(34)17-16-23-19-32(18-21-10-4-2-5-11-21)31-28(23)22-12-6-3-7-13-22/h2-17,19H,18,20H2,1H3,(H,30,33,35)/b17-16+. The average Bonchev–Trinajstić information content (AvgIpc) is 3.34. The molecule has 3 aromatic carbocycles. The fourth-order valence-corrected chi connectivity index (χ4v) is 3.64. The van der Waals surface area contributed by atoms with E-state index in [9.17, 15) is 14.4 Å². The lowest BCUT2D eigenvalue weighted by Gasteiger charge is -2.08. The second kappa shape index (κ2) is 12.1. The predicted octanol–water partition coefficient (Wildman–Crippen LogP) is 4.12. The number of imide groups is 1. The Morgan fingerprint density at radius 1 is 0.919 bits per heavy atom. The number of hydrogen-bond acceptors (Lipinski definition) is 6. The molecule has 0 atom stereocenters. The summed E-state index contributed by atoms with van der Waals surface area (Å²) in [7, 11) is 1.43. The van der Waals surface area contributed by atoms with E-state index in [-0.39, 0.29) is 5.56 Å². The van der Waals surface area contributed by atoms with Crippen molar-refractivity contribution in [2.75, 3.05) is 13.7 Å². The molecule has 0 bridgehead atoms. The Balaban J connectivity index is 1.40. The number of aromatic nitrogens is 2. The van der Waals surface area contributed by atoms with Gasteiger partial charge in [-0.2, -0.15) is 5.10 Å². The lowest BCUT2D eigenvalue weighted by Crippen LogP contribution is -2.34. The lowest BCUT2D eigenvalue weighted by atomic mass is 10.1. The fourth-order valence-electron chi connectivity index (χ4n) is 3.64. The first-order chi connectivity index (χ1) is 18.0. The van der Waals surface area contributed by atoms with E-state index in [0.717, 1.165) is 16.7 Å². The number of amides is 2. The third kappa shape index (κ3) is 6.79. The van der Waals surface area contributed by atoms with Gasteiger partial charge in [0.15, 0.2) is 6.61 Å². The van der Waals surface area contributed by atoms with Crippen molar-refractivity contribution >= 4 is 23.9 Å². The molecule has 4 aromatic rings. The topological polar surface area (TPSA) is 99.5 Å². The van der Waals surface area contributed by atoms with Crippen LogP contribution in [0.15, 0.2) is 97.2 Å². The van der Waals surface area contributed by atoms with Crippen molar-refractivity contribution in [2.45, 2.75) is 6.54 Å². The van der Waals surface area contributed by atoms with Gasteiger partial charge in [-0.05, 0) is 23.8 Å². The van der Waals surface area contributed by atoms with Gasteiger partial charge < -0.3 is 9.47 Å². The second-order valence-electron chi connectivity index (χ2n) is 8.00. The van der Waals surface area contributed by atoms with Gasteiger partial charge in [-0.1, -0.05) is 72.8 Å². The highest BCUT2D eigenvalue weighted by molar-refractivity contribution is 6.06. The number of nitrogens with one attached hydrogen (secondary N) is 1. The van der Waals surface area contributed by atoms with Crippen LogP contribution in [0.1, 0.15) is 21.5 Å². The summed E-state index contributed by atoms with van der Waals surface area (Å²) in [5.41, 5.74) is 3.62. The molecule has 0 spiro atoms. The molecular weight excluding hydrogens is 470 g/mol. The molecule has 0 unspecified atom stereocenters. The zero-order chi connectivity index (χ0) is 26.0. The maximum Gasteiger partial charge on any atom is 0.331 e. The van der Waals surface area contributed by atoms with Gasteiger partial charge in [0.05, 0.1) is 24.9 Å². The van der Waals surface area contributed by atoms with Crippen molar-refractivity contribution in [1.29, 1.82) is 0 Å². The highest BCUT2D eigenvalue weighted by Crippen LogP contribution is 2.23. The van der Waals surface area contributed by atoms with Crippen LogP contribution >= 0.6 is 0 Å². The molecule has 0 fully saturated rings. The summed E-state index contributed by atoms with van der Waals surface area (Å²) in [6.07, 6.45) is 4.67. The van der Waals surface area contributed by atoms with Crippen LogP contribution < -0.4 is 10.1 Å². The molecule has 2 amide bonds. The number of nitrogens with zero attached hydrogens (tertiary/aromatic N) is 2. The SMILES string of the molecule is COc1ccccc1C(=O)NC(=O)COC(=O)/C=C/c1cn(Cc2ccccc2)nc1-c1ccccc1. The van der Waals surface area contributed by atoms with E-state index in [4.69, 9.17) is 14.6 Å². The molecule has 0 saturated carbocycles. The summed E-state index contributed by atoms with van der Waals surface area (Å²) < 4.78 is 11.9. The largest absolute Gasteiger partial charge is 0.496 e.